The van der Waals surface area contributed by atoms with Crippen molar-refractivity contribution in [1.82, 2.24) is 14.5 Å². The first kappa shape index (κ1) is 21.1. The van der Waals surface area contributed by atoms with Gasteiger partial charge in [0.25, 0.3) is 5.56 Å². The Bertz CT molecular complexity index is 1140. The van der Waals surface area contributed by atoms with Crippen molar-refractivity contribution in [3.8, 4) is 11.4 Å². The summed E-state index contributed by atoms with van der Waals surface area (Å²) in [5.74, 6) is 0.633. The van der Waals surface area contributed by atoms with Gasteiger partial charge in [-0.05, 0) is 42.8 Å². The van der Waals surface area contributed by atoms with Gasteiger partial charge < -0.3 is 14.4 Å². The van der Waals surface area contributed by atoms with E-state index in [4.69, 9.17) is 4.74 Å². The van der Waals surface area contributed by atoms with Gasteiger partial charge in [0, 0.05) is 12.3 Å². The molecule has 1 aromatic heterocycles. The number of hydrogen-bond acceptors (Lipinski definition) is 6. The number of nitrogens with zero attached hydrogens (tertiary/aromatic N) is 3. The Morgan fingerprint density at radius 2 is 1.90 bits per heavy atom. The summed E-state index contributed by atoms with van der Waals surface area (Å²) in [5.41, 5.74) is 0.821. The molecule has 0 unspecified atom stereocenters. The number of thioether (sulfide) groups is 1. The minimum absolute atomic E-state index is 0.00671. The zero-order chi connectivity index (χ0) is 21.8. The summed E-state index contributed by atoms with van der Waals surface area (Å²) < 4.78 is 35.6. The van der Waals surface area contributed by atoms with Gasteiger partial charge in [-0.15, -0.1) is 0 Å². The molecule has 31 heavy (non-hydrogen) atoms. The monoisotopic (exact) mass is 447 g/mol. The fourth-order valence-electron chi connectivity index (χ4n) is 3.26. The molecule has 0 bridgehead atoms. The lowest BCUT2D eigenvalue weighted by atomic mass is 10.2. The molecule has 0 saturated carbocycles. The summed E-state index contributed by atoms with van der Waals surface area (Å²) in [6.07, 6.45) is 0.390. The number of alkyl halides is 2. The Kier molecular flexibility index (Phi) is 6.36. The van der Waals surface area contributed by atoms with Gasteiger partial charge in [0.05, 0.1) is 23.1 Å². The van der Waals surface area contributed by atoms with Crippen molar-refractivity contribution in [2.75, 3.05) is 25.4 Å². The van der Waals surface area contributed by atoms with E-state index in [0.717, 1.165) is 0 Å². The van der Waals surface area contributed by atoms with Crippen molar-refractivity contribution in [1.29, 1.82) is 0 Å². The average molecular weight is 447 g/mol. The second-order valence-corrected chi connectivity index (χ2v) is 7.79. The third-order valence-corrected chi connectivity index (χ3v) is 5.74. The highest BCUT2D eigenvalue weighted by Crippen LogP contribution is 2.24. The molecule has 1 aliphatic heterocycles. The first-order chi connectivity index (χ1) is 15.0. The molecular formula is C21H19F2N3O4S. The Hall–Kier alpha value is -3.14. The Balaban J connectivity index is 1.60. The zero-order valence-electron chi connectivity index (χ0n) is 16.4. The molecule has 4 rings (SSSR count). The molecule has 1 fully saturated rings. The molecule has 0 atom stereocenters. The van der Waals surface area contributed by atoms with Crippen LogP contribution < -0.4 is 10.3 Å². The van der Waals surface area contributed by atoms with Crippen LogP contribution in [0, 0.1) is 0 Å². The first-order valence-corrected chi connectivity index (χ1v) is 10.6. The third kappa shape index (κ3) is 4.79. The van der Waals surface area contributed by atoms with E-state index >= 15 is 0 Å². The molecule has 1 saturated heterocycles. The summed E-state index contributed by atoms with van der Waals surface area (Å²) in [4.78, 5) is 31.0. The van der Waals surface area contributed by atoms with Crippen LogP contribution in [0.15, 0.2) is 58.5 Å². The van der Waals surface area contributed by atoms with Crippen LogP contribution in [-0.4, -0.2) is 52.6 Å². The van der Waals surface area contributed by atoms with Crippen LogP contribution in [0.25, 0.3) is 16.6 Å². The number of ether oxygens (including phenoxy) is 2. The molecule has 0 aliphatic carbocycles. The number of para-hydroxylation sites is 1. The molecule has 2 aromatic carbocycles. The number of halogens is 2. The number of rotatable bonds is 8. The van der Waals surface area contributed by atoms with E-state index < -0.39 is 6.61 Å². The van der Waals surface area contributed by atoms with Crippen molar-refractivity contribution < 1.29 is 23.0 Å². The van der Waals surface area contributed by atoms with Crippen molar-refractivity contribution in [2.24, 2.45) is 0 Å². The van der Waals surface area contributed by atoms with Gasteiger partial charge in [-0.3, -0.25) is 9.36 Å². The minimum atomic E-state index is -2.92. The molecule has 10 heteroatoms. The molecule has 1 amide bonds. The molecule has 1 aliphatic rings. The van der Waals surface area contributed by atoms with E-state index in [1.165, 1.54) is 28.5 Å². The van der Waals surface area contributed by atoms with Crippen molar-refractivity contribution >= 4 is 28.8 Å². The van der Waals surface area contributed by atoms with Gasteiger partial charge in [0.15, 0.2) is 5.16 Å². The number of benzene rings is 2. The van der Waals surface area contributed by atoms with Gasteiger partial charge in [0.2, 0.25) is 0 Å². The van der Waals surface area contributed by atoms with Gasteiger partial charge in [-0.1, -0.05) is 23.9 Å². The second-order valence-electron chi connectivity index (χ2n) is 6.73. The highest BCUT2D eigenvalue weighted by molar-refractivity contribution is 7.99. The topological polar surface area (TPSA) is 73.7 Å². The van der Waals surface area contributed by atoms with Crippen LogP contribution in [0.3, 0.4) is 0 Å². The molecule has 0 N–H and O–H groups in total. The lowest BCUT2D eigenvalue weighted by molar-refractivity contribution is -0.0498. The standard InChI is InChI=1S/C21H19F2N3O4S/c22-19(23)30-15-8-6-14(7-9-15)26-18(27)16-4-1-2-5-17(16)24-20(26)31-13-3-10-25-11-12-29-21(25)28/h1-2,4-9,19H,3,10-13H2. The lowest BCUT2D eigenvalue weighted by Gasteiger charge is -2.15. The maximum absolute atomic E-state index is 13.2. The molecule has 0 spiro atoms. The summed E-state index contributed by atoms with van der Waals surface area (Å²) in [6, 6.07) is 12.9. The molecule has 162 valence electrons. The van der Waals surface area contributed by atoms with E-state index in [2.05, 4.69) is 9.72 Å². The van der Waals surface area contributed by atoms with Crippen LogP contribution in [0.5, 0.6) is 5.75 Å². The molecular weight excluding hydrogens is 428 g/mol. The normalized spacial score (nSPS) is 13.8. The van der Waals surface area contributed by atoms with Gasteiger partial charge in [-0.25, -0.2) is 9.78 Å². The van der Waals surface area contributed by atoms with Crippen LogP contribution in [0.4, 0.5) is 13.6 Å². The molecule has 0 radical (unpaired) electrons. The number of amides is 1. The molecule has 2 heterocycles. The predicted octanol–water partition coefficient (Wildman–Crippen LogP) is 3.92. The van der Waals surface area contributed by atoms with Gasteiger partial charge in [-0.2, -0.15) is 8.78 Å². The highest BCUT2D eigenvalue weighted by Gasteiger charge is 2.21. The number of fused-ring (bicyclic) bond motifs is 1. The van der Waals surface area contributed by atoms with E-state index in [9.17, 15) is 18.4 Å². The number of hydrogen-bond donors (Lipinski definition) is 0. The Labute approximate surface area is 180 Å². The second kappa shape index (κ2) is 9.34. The Morgan fingerprint density at radius 1 is 1.13 bits per heavy atom. The number of carbonyl (C=O) groups excluding carboxylic acids is 1. The van der Waals surface area contributed by atoms with Crippen molar-refractivity contribution in [3.05, 3.63) is 58.9 Å². The number of carbonyl (C=O) groups is 1. The van der Waals surface area contributed by atoms with E-state index in [1.54, 1.807) is 35.2 Å². The third-order valence-electron chi connectivity index (χ3n) is 4.71. The molecule has 3 aromatic rings. The van der Waals surface area contributed by atoms with E-state index in [0.29, 0.717) is 53.6 Å². The average Bonchev–Trinajstić information content (AvgIpc) is 3.16. The largest absolute Gasteiger partial charge is 0.448 e. The van der Waals surface area contributed by atoms with Crippen molar-refractivity contribution in [3.63, 3.8) is 0 Å². The predicted molar refractivity (Wildman–Crippen MR) is 112 cm³/mol. The van der Waals surface area contributed by atoms with Gasteiger partial charge >= 0.3 is 12.7 Å². The van der Waals surface area contributed by atoms with Crippen molar-refractivity contribution in [2.45, 2.75) is 18.2 Å². The van der Waals surface area contributed by atoms with Crippen LogP contribution in [-0.2, 0) is 4.74 Å². The fourth-order valence-corrected chi connectivity index (χ4v) is 4.20. The van der Waals surface area contributed by atoms with Gasteiger partial charge in [0.1, 0.15) is 12.4 Å². The quantitative estimate of drug-likeness (QED) is 0.296. The minimum Gasteiger partial charge on any atom is -0.448 e. The summed E-state index contributed by atoms with van der Waals surface area (Å²) in [7, 11) is 0. The fraction of sp³-hybridized carbons (Fsp3) is 0.286. The maximum atomic E-state index is 13.2. The SMILES string of the molecule is O=C1OCCN1CCCSc1nc2ccccc2c(=O)n1-c1ccc(OC(F)F)cc1. The highest BCUT2D eigenvalue weighted by atomic mass is 32.2. The smallest absolute Gasteiger partial charge is 0.409 e. The number of aromatic nitrogens is 2. The van der Waals surface area contributed by atoms with Crippen LogP contribution >= 0.6 is 11.8 Å². The van der Waals surface area contributed by atoms with E-state index in [-0.39, 0.29) is 17.4 Å². The van der Waals surface area contributed by atoms with Crippen LogP contribution in [0.1, 0.15) is 6.42 Å². The maximum Gasteiger partial charge on any atom is 0.409 e. The summed E-state index contributed by atoms with van der Waals surface area (Å²) in [6.45, 7) is -1.38. The Morgan fingerprint density at radius 3 is 2.61 bits per heavy atom. The zero-order valence-corrected chi connectivity index (χ0v) is 17.2. The molecule has 7 nitrogen and oxygen atoms in total. The number of cyclic esters (lactones) is 1. The first-order valence-electron chi connectivity index (χ1n) is 9.64. The van der Waals surface area contributed by atoms with Crippen LogP contribution in [0.2, 0.25) is 0 Å². The summed E-state index contributed by atoms with van der Waals surface area (Å²) >= 11 is 1.39. The van der Waals surface area contributed by atoms with E-state index in [1.807, 2.05) is 6.07 Å². The summed E-state index contributed by atoms with van der Waals surface area (Å²) in [5, 5.41) is 0.940. The lowest BCUT2D eigenvalue weighted by Crippen LogP contribution is -2.26.